The monoisotopic (exact) mass is 221 g/mol. The minimum Gasteiger partial charge on any atom is -0.274 e. The maximum absolute atomic E-state index is 11.8. The molecule has 0 spiro atoms. The van der Waals surface area contributed by atoms with Crippen LogP contribution in [-0.2, 0) is 0 Å². The van der Waals surface area contributed by atoms with Crippen LogP contribution in [0.25, 0.3) is 0 Å². The minimum absolute atomic E-state index is 0.183. The van der Waals surface area contributed by atoms with Crippen molar-refractivity contribution in [3.8, 4) is 0 Å². The largest absolute Gasteiger partial charge is 0.274 e. The van der Waals surface area contributed by atoms with Crippen molar-refractivity contribution in [3.05, 3.63) is 35.4 Å². The van der Waals surface area contributed by atoms with Crippen LogP contribution in [-0.4, -0.2) is 29.0 Å². The van der Waals surface area contributed by atoms with Gasteiger partial charge in [-0.3, -0.25) is 14.5 Å². The summed E-state index contributed by atoms with van der Waals surface area (Å²) in [6.07, 6.45) is 0.731. The van der Waals surface area contributed by atoms with E-state index in [1.54, 1.807) is 24.3 Å². The summed E-state index contributed by atoms with van der Waals surface area (Å²) in [5.74, 6) is 0.308. The first-order chi connectivity index (χ1) is 7.25. The molecule has 1 heterocycles. The van der Waals surface area contributed by atoms with Crippen molar-refractivity contribution < 1.29 is 9.59 Å². The maximum Gasteiger partial charge on any atom is 0.261 e. The third-order valence-electron chi connectivity index (χ3n) is 2.42. The van der Waals surface area contributed by atoms with E-state index < -0.39 is 0 Å². The molecule has 2 amide bonds. The van der Waals surface area contributed by atoms with Crippen LogP contribution in [0.5, 0.6) is 0 Å². The van der Waals surface area contributed by atoms with E-state index in [4.69, 9.17) is 0 Å². The van der Waals surface area contributed by atoms with Gasteiger partial charge in [-0.2, -0.15) is 12.6 Å². The van der Waals surface area contributed by atoms with Gasteiger partial charge in [-0.1, -0.05) is 12.1 Å². The van der Waals surface area contributed by atoms with Gasteiger partial charge >= 0.3 is 0 Å². The summed E-state index contributed by atoms with van der Waals surface area (Å²) in [6, 6.07) is 6.92. The van der Waals surface area contributed by atoms with Crippen LogP contribution in [0.3, 0.4) is 0 Å². The molecular weight excluding hydrogens is 210 g/mol. The molecule has 0 unspecified atom stereocenters. The third-order valence-corrected chi connectivity index (χ3v) is 2.73. The van der Waals surface area contributed by atoms with Crippen LogP contribution >= 0.6 is 12.6 Å². The van der Waals surface area contributed by atoms with Gasteiger partial charge in [-0.05, 0) is 24.3 Å². The van der Waals surface area contributed by atoms with Gasteiger partial charge in [-0.15, -0.1) is 0 Å². The molecule has 0 bridgehead atoms. The van der Waals surface area contributed by atoms with Gasteiger partial charge in [0.25, 0.3) is 11.8 Å². The average molecular weight is 221 g/mol. The van der Waals surface area contributed by atoms with Gasteiger partial charge in [-0.25, -0.2) is 0 Å². The van der Waals surface area contributed by atoms with Crippen molar-refractivity contribution in [1.82, 2.24) is 4.90 Å². The van der Waals surface area contributed by atoms with Gasteiger partial charge in [0, 0.05) is 6.54 Å². The number of carbonyl (C=O) groups is 2. The predicted octanol–water partition coefficient (Wildman–Crippen LogP) is 1.60. The molecule has 0 atom stereocenters. The number of imide groups is 1. The lowest BCUT2D eigenvalue weighted by Crippen LogP contribution is -2.30. The third kappa shape index (κ3) is 1.65. The Morgan fingerprint density at radius 2 is 1.60 bits per heavy atom. The average Bonchev–Trinajstić information content (AvgIpc) is 2.51. The number of thiol groups is 1. The second-order valence-electron chi connectivity index (χ2n) is 3.38. The number of hydrogen-bond donors (Lipinski definition) is 1. The van der Waals surface area contributed by atoms with Crippen molar-refractivity contribution in [2.24, 2.45) is 0 Å². The Morgan fingerprint density at radius 1 is 1.07 bits per heavy atom. The normalized spacial score (nSPS) is 14.6. The minimum atomic E-state index is -0.183. The van der Waals surface area contributed by atoms with Gasteiger partial charge in [0.1, 0.15) is 0 Å². The van der Waals surface area contributed by atoms with Gasteiger partial charge < -0.3 is 0 Å². The van der Waals surface area contributed by atoms with Crippen LogP contribution < -0.4 is 0 Å². The lowest BCUT2D eigenvalue weighted by molar-refractivity contribution is 0.0655. The van der Waals surface area contributed by atoms with Gasteiger partial charge in [0.05, 0.1) is 11.1 Å². The molecule has 15 heavy (non-hydrogen) atoms. The Bertz CT molecular complexity index is 382. The summed E-state index contributed by atoms with van der Waals surface area (Å²) in [4.78, 5) is 24.9. The number of hydrogen-bond acceptors (Lipinski definition) is 3. The van der Waals surface area contributed by atoms with E-state index in [-0.39, 0.29) is 11.8 Å². The summed E-state index contributed by atoms with van der Waals surface area (Å²) >= 11 is 4.06. The molecule has 0 aliphatic carbocycles. The van der Waals surface area contributed by atoms with E-state index in [0.29, 0.717) is 23.4 Å². The van der Waals surface area contributed by atoms with Crippen LogP contribution in [0.1, 0.15) is 27.1 Å². The summed E-state index contributed by atoms with van der Waals surface area (Å²) < 4.78 is 0. The van der Waals surface area contributed by atoms with E-state index in [0.717, 1.165) is 6.42 Å². The molecule has 0 radical (unpaired) electrons. The van der Waals surface area contributed by atoms with Crippen molar-refractivity contribution >= 4 is 24.4 Å². The van der Waals surface area contributed by atoms with Crippen molar-refractivity contribution in [3.63, 3.8) is 0 Å². The molecule has 1 aromatic rings. The second-order valence-corrected chi connectivity index (χ2v) is 3.83. The molecule has 0 saturated carbocycles. The SMILES string of the molecule is O=C1c2ccccc2C(=O)N1CCCS. The van der Waals surface area contributed by atoms with Crippen molar-refractivity contribution in [2.75, 3.05) is 12.3 Å². The van der Waals surface area contributed by atoms with Crippen LogP contribution in [0, 0.1) is 0 Å². The topological polar surface area (TPSA) is 37.4 Å². The highest BCUT2D eigenvalue weighted by Crippen LogP contribution is 2.22. The van der Waals surface area contributed by atoms with Crippen molar-refractivity contribution in [2.45, 2.75) is 6.42 Å². The number of nitrogens with zero attached hydrogens (tertiary/aromatic N) is 1. The number of carbonyl (C=O) groups excluding carboxylic acids is 2. The molecule has 0 N–H and O–H groups in total. The standard InChI is InChI=1S/C11H11NO2S/c13-10-8-4-1-2-5-9(8)11(14)12(10)6-3-7-15/h1-2,4-5,15H,3,6-7H2. The first-order valence-corrected chi connectivity index (χ1v) is 5.45. The molecule has 1 aliphatic heterocycles. The van der Waals surface area contributed by atoms with Crippen molar-refractivity contribution in [1.29, 1.82) is 0 Å². The molecule has 4 heteroatoms. The molecule has 0 saturated heterocycles. The molecule has 0 fully saturated rings. The zero-order valence-corrected chi connectivity index (χ0v) is 9.04. The lowest BCUT2D eigenvalue weighted by atomic mass is 10.1. The zero-order valence-electron chi connectivity index (χ0n) is 8.14. The van der Waals surface area contributed by atoms with Gasteiger partial charge in [0.15, 0.2) is 0 Å². The highest BCUT2D eigenvalue weighted by Gasteiger charge is 2.34. The van der Waals surface area contributed by atoms with E-state index >= 15 is 0 Å². The molecule has 3 nitrogen and oxygen atoms in total. The Kier molecular flexibility index (Phi) is 2.77. The first-order valence-electron chi connectivity index (χ1n) is 4.82. The molecule has 78 valence electrons. The molecule has 1 aromatic carbocycles. The summed E-state index contributed by atoms with van der Waals surface area (Å²) in [5.41, 5.74) is 1.03. The van der Waals surface area contributed by atoms with Crippen LogP contribution in [0.15, 0.2) is 24.3 Å². The molecule has 0 aromatic heterocycles. The Hall–Kier alpha value is -1.29. The highest BCUT2D eigenvalue weighted by atomic mass is 32.1. The highest BCUT2D eigenvalue weighted by molar-refractivity contribution is 7.80. The Balaban J connectivity index is 2.29. The van der Waals surface area contributed by atoms with Crippen LogP contribution in [0.4, 0.5) is 0 Å². The van der Waals surface area contributed by atoms with E-state index in [2.05, 4.69) is 12.6 Å². The fraction of sp³-hybridized carbons (Fsp3) is 0.273. The second kappa shape index (κ2) is 4.06. The summed E-state index contributed by atoms with van der Waals surface area (Å²) in [7, 11) is 0. The quantitative estimate of drug-likeness (QED) is 0.622. The smallest absolute Gasteiger partial charge is 0.261 e. The lowest BCUT2D eigenvalue weighted by Gasteiger charge is -2.12. The fourth-order valence-electron chi connectivity index (χ4n) is 1.67. The Labute approximate surface area is 93.5 Å². The number of amides is 2. The number of benzene rings is 1. The first kappa shape index (κ1) is 10.2. The van der Waals surface area contributed by atoms with E-state index in [9.17, 15) is 9.59 Å². The zero-order chi connectivity index (χ0) is 10.8. The summed E-state index contributed by atoms with van der Waals surface area (Å²) in [6.45, 7) is 0.454. The number of fused-ring (bicyclic) bond motifs is 1. The molecule has 1 aliphatic rings. The predicted molar refractivity (Wildman–Crippen MR) is 60.3 cm³/mol. The van der Waals surface area contributed by atoms with E-state index in [1.165, 1.54) is 4.90 Å². The van der Waals surface area contributed by atoms with E-state index in [1.807, 2.05) is 0 Å². The molecule has 2 rings (SSSR count). The summed E-state index contributed by atoms with van der Waals surface area (Å²) in [5, 5.41) is 0. The van der Waals surface area contributed by atoms with Gasteiger partial charge in [0.2, 0.25) is 0 Å². The molecular formula is C11H11NO2S. The Morgan fingerprint density at radius 3 is 2.07 bits per heavy atom. The van der Waals surface area contributed by atoms with Crippen LogP contribution in [0.2, 0.25) is 0 Å². The fourth-order valence-corrected chi connectivity index (χ4v) is 1.81. The maximum atomic E-state index is 11.8. The number of rotatable bonds is 3.